The third kappa shape index (κ3) is 3.92. The standard InChI is InChI=1S/C15H20N2O3S/c1-10(17-15(18)12-3-6-13(16)9-12)11-4-7-14(8-5-11)21(2,19)20/h3-8,10,12-13H,9,16H2,1-2H3,(H,17,18). The van der Waals surface area contributed by atoms with E-state index in [-0.39, 0.29) is 28.8 Å². The van der Waals surface area contributed by atoms with Gasteiger partial charge in [-0.05, 0) is 31.0 Å². The second-order valence-corrected chi connectivity index (χ2v) is 7.48. The van der Waals surface area contributed by atoms with Gasteiger partial charge in [0.05, 0.1) is 16.9 Å². The molecule has 5 nitrogen and oxygen atoms in total. The van der Waals surface area contributed by atoms with Gasteiger partial charge in [0.25, 0.3) is 0 Å². The number of hydrogen-bond donors (Lipinski definition) is 2. The SMILES string of the molecule is CC(NC(=O)C1C=CC(N)C1)c1ccc(S(C)(=O)=O)cc1. The Morgan fingerprint density at radius 2 is 1.90 bits per heavy atom. The predicted octanol–water partition coefficient (Wildman–Crippen LogP) is 1.17. The van der Waals surface area contributed by atoms with E-state index in [0.717, 1.165) is 5.56 Å². The molecule has 1 aromatic rings. The second kappa shape index (κ2) is 5.99. The van der Waals surface area contributed by atoms with Gasteiger partial charge in [-0.15, -0.1) is 0 Å². The molecular weight excluding hydrogens is 288 g/mol. The van der Waals surface area contributed by atoms with E-state index in [9.17, 15) is 13.2 Å². The minimum Gasteiger partial charge on any atom is -0.349 e. The maximum Gasteiger partial charge on any atom is 0.227 e. The third-order valence-corrected chi connectivity index (χ3v) is 4.75. The van der Waals surface area contributed by atoms with E-state index in [2.05, 4.69) is 5.32 Å². The molecule has 3 N–H and O–H groups in total. The fourth-order valence-corrected chi connectivity index (χ4v) is 2.96. The van der Waals surface area contributed by atoms with E-state index >= 15 is 0 Å². The molecule has 1 aliphatic carbocycles. The van der Waals surface area contributed by atoms with Crippen molar-refractivity contribution in [3.05, 3.63) is 42.0 Å². The fraction of sp³-hybridized carbons (Fsp3) is 0.400. The molecule has 0 saturated heterocycles. The number of nitrogens with two attached hydrogens (primary N) is 1. The van der Waals surface area contributed by atoms with Crippen molar-refractivity contribution in [2.24, 2.45) is 11.7 Å². The molecule has 1 aliphatic rings. The Morgan fingerprint density at radius 1 is 1.29 bits per heavy atom. The van der Waals surface area contributed by atoms with Crippen molar-refractivity contribution >= 4 is 15.7 Å². The predicted molar refractivity (Wildman–Crippen MR) is 81.3 cm³/mol. The zero-order valence-electron chi connectivity index (χ0n) is 12.1. The van der Waals surface area contributed by atoms with E-state index in [1.54, 1.807) is 24.3 Å². The lowest BCUT2D eigenvalue weighted by Crippen LogP contribution is -2.32. The van der Waals surface area contributed by atoms with Crippen LogP contribution in [0.3, 0.4) is 0 Å². The second-order valence-electron chi connectivity index (χ2n) is 5.46. The first-order valence-electron chi connectivity index (χ1n) is 6.81. The molecule has 0 aliphatic heterocycles. The monoisotopic (exact) mass is 308 g/mol. The number of sulfone groups is 1. The molecule has 0 fully saturated rings. The minimum atomic E-state index is -3.20. The minimum absolute atomic E-state index is 0.0508. The highest BCUT2D eigenvalue weighted by atomic mass is 32.2. The molecule has 114 valence electrons. The Labute approximate surface area is 125 Å². The molecule has 1 amide bonds. The van der Waals surface area contributed by atoms with Gasteiger partial charge >= 0.3 is 0 Å². The van der Waals surface area contributed by atoms with Crippen LogP contribution in [-0.2, 0) is 14.6 Å². The molecule has 0 saturated carbocycles. The van der Waals surface area contributed by atoms with E-state index in [4.69, 9.17) is 5.73 Å². The van der Waals surface area contributed by atoms with Crippen molar-refractivity contribution in [2.75, 3.05) is 6.26 Å². The molecule has 2 rings (SSSR count). The molecule has 0 spiro atoms. The highest BCUT2D eigenvalue weighted by Gasteiger charge is 2.24. The quantitative estimate of drug-likeness (QED) is 0.817. The van der Waals surface area contributed by atoms with Crippen LogP contribution in [0.1, 0.15) is 24.9 Å². The summed E-state index contributed by atoms with van der Waals surface area (Å²) in [5.74, 6) is -0.239. The first-order valence-corrected chi connectivity index (χ1v) is 8.71. The topological polar surface area (TPSA) is 89.3 Å². The first-order chi connectivity index (χ1) is 9.77. The van der Waals surface area contributed by atoms with Crippen LogP contribution in [0, 0.1) is 5.92 Å². The van der Waals surface area contributed by atoms with Gasteiger partial charge in [0.1, 0.15) is 0 Å². The van der Waals surface area contributed by atoms with Gasteiger partial charge in [-0.25, -0.2) is 8.42 Å². The van der Waals surface area contributed by atoms with Crippen LogP contribution in [0.4, 0.5) is 0 Å². The number of carbonyl (C=O) groups is 1. The van der Waals surface area contributed by atoms with Crippen molar-refractivity contribution < 1.29 is 13.2 Å². The first kappa shape index (κ1) is 15.7. The molecular formula is C15H20N2O3S. The molecule has 0 heterocycles. The molecule has 0 bridgehead atoms. The normalized spacial score (nSPS) is 23.0. The van der Waals surface area contributed by atoms with Gasteiger partial charge in [0.15, 0.2) is 9.84 Å². The number of nitrogens with one attached hydrogen (secondary N) is 1. The summed E-state index contributed by atoms with van der Waals surface area (Å²) >= 11 is 0. The highest BCUT2D eigenvalue weighted by molar-refractivity contribution is 7.90. The Balaban J connectivity index is 2.02. The lowest BCUT2D eigenvalue weighted by molar-refractivity contribution is -0.124. The lowest BCUT2D eigenvalue weighted by Gasteiger charge is -2.17. The number of rotatable bonds is 4. The summed E-state index contributed by atoms with van der Waals surface area (Å²) in [6.45, 7) is 1.87. The summed E-state index contributed by atoms with van der Waals surface area (Å²) in [5.41, 5.74) is 6.60. The molecule has 3 atom stereocenters. The molecule has 0 radical (unpaired) electrons. The largest absolute Gasteiger partial charge is 0.349 e. The maximum absolute atomic E-state index is 12.1. The van der Waals surface area contributed by atoms with Crippen LogP contribution < -0.4 is 11.1 Å². The van der Waals surface area contributed by atoms with E-state index in [0.29, 0.717) is 6.42 Å². The number of carbonyl (C=O) groups excluding carboxylic acids is 1. The van der Waals surface area contributed by atoms with Gasteiger partial charge in [0, 0.05) is 12.3 Å². The Morgan fingerprint density at radius 3 is 2.38 bits per heavy atom. The van der Waals surface area contributed by atoms with E-state index in [1.165, 1.54) is 6.26 Å². The number of amides is 1. The molecule has 0 aromatic heterocycles. The van der Waals surface area contributed by atoms with E-state index in [1.807, 2.05) is 19.1 Å². The van der Waals surface area contributed by atoms with Gasteiger partial charge in [0.2, 0.25) is 5.91 Å². The Kier molecular flexibility index (Phi) is 4.49. The molecule has 6 heteroatoms. The van der Waals surface area contributed by atoms with Gasteiger partial charge < -0.3 is 11.1 Å². The summed E-state index contributed by atoms with van der Waals surface area (Å²) in [6.07, 6.45) is 5.48. The van der Waals surface area contributed by atoms with Crippen LogP contribution in [0.5, 0.6) is 0 Å². The van der Waals surface area contributed by atoms with Gasteiger partial charge in [-0.3, -0.25) is 4.79 Å². The van der Waals surface area contributed by atoms with Crippen molar-refractivity contribution in [3.8, 4) is 0 Å². The van der Waals surface area contributed by atoms with Crippen molar-refractivity contribution in [1.29, 1.82) is 0 Å². The third-order valence-electron chi connectivity index (χ3n) is 3.62. The Bertz CT molecular complexity index is 650. The maximum atomic E-state index is 12.1. The van der Waals surface area contributed by atoms with Crippen molar-refractivity contribution in [3.63, 3.8) is 0 Å². The smallest absolute Gasteiger partial charge is 0.227 e. The van der Waals surface area contributed by atoms with Crippen molar-refractivity contribution in [2.45, 2.75) is 30.3 Å². The summed E-state index contributed by atoms with van der Waals surface area (Å²) in [6, 6.07) is 6.31. The number of hydrogen-bond acceptors (Lipinski definition) is 4. The average Bonchev–Trinajstić information content (AvgIpc) is 2.84. The van der Waals surface area contributed by atoms with Crippen LogP contribution in [0.25, 0.3) is 0 Å². The van der Waals surface area contributed by atoms with Gasteiger partial charge in [-0.2, -0.15) is 0 Å². The van der Waals surface area contributed by atoms with Crippen molar-refractivity contribution in [1.82, 2.24) is 5.32 Å². The summed E-state index contributed by atoms with van der Waals surface area (Å²) in [5, 5.41) is 2.92. The highest BCUT2D eigenvalue weighted by Crippen LogP contribution is 2.20. The molecule has 1 aromatic carbocycles. The lowest BCUT2D eigenvalue weighted by atomic mass is 10.0. The zero-order valence-corrected chi connectivity index (χ0v) is 12.9. The van der Waals surface area contributed by atoms with Crippen LogP contribution in [0.15, 0.2) is 41.3 Å². The summed E-state index contributed by atoms with van der Waals surface area (Å²) in [4.78, 5) is 12.4. The molecule has 21 heavy (non-hydrogen) atoms. The van der Waals surface area contributed by atoms with E-state index < -0.39 is 9.84 Å². The van der Waals surface area contributed by atoms with Crippen LogP contribution in [0.2, 0.25) is 0 Å². The van der Waals surface area contributed by atoms with Gasteiger partial charge in [-0.1, -0.05) is 24.3 Å². The Hall–Kier alpha value is -1.66. The van der Waals surface area contributed by atoms with Crippen LogP contribution >= 0.6 is 0 Å². The van der Waals surface area contributed by atoms with Crippen LogP contribution in [-0.4, -0.2) is 26.6 Å². The summed E-state index contributed by atoms with van der Waals surface area (Å²) < 4.78 is 22.8. The summed E-state index contributed by atoms with van der Waals surface area (Å²) in [7, 11) is -3.20. The average molecular weight is 308 g/mol. The fourth-order valence-electron chi connectivity index (χ4n) is 2.33. The molecule has 3 unspecified atom stereocenters. The number of benzene rings is 1. The zero-order chi connectivity index (χ0) is 15.6.